The summed E-state index contributed by atoms with van der Waals surface area (Å²) >= 11 is 0. The largest absolute Gasteiger partial charge is 0.524 e. The minimum absolute atomic E-state index is 0.350. The molecule has 0 unspecified atom stereocenters. The average molecular weight is 193 g/mol. The van der Waals surface area contributed by atoms with Crippen molar-refractivity contribution in [1.82, 2.24) is 0 Å². The van der Waals surface area contributed by atoms with Crippen LogP contribution in [-0.4, -0.2) is 34.8 Å². The van der Waals surface area contributed by atoms with Gasteiger partial charge >= 0.3 is 0 Å². The van der Waals surface area contributed by atoms with Crippen LogP contribution >= 0.6 is 0 Å². The summed E-state index contributed by atoms with van der Waals surface area (Å²) in [5.74, 6) is 0. The number of hydrogen-bond acceptors (Lipinski definition) is 4. The van der Waals surface area contributed by atoms with Crippen LogP contribution in [0.15, 0.2) is 0 Å². The highest BCUT2D eigenvalue weighted by molar-refractivity contribution is 6.60. The molecule has 0 aromatic carbocycles. The van der Waals surface area contributed by atoms with Crippen LogP contribution in [0.4, 0.5) is 0 Å². The van der Waals surface area contributed by atoms with Crippen LogP contribution in [-0.2, 0) is 13.3 Å². The van der Waals surface area contributed by atoms with Crippen molar-refractivity contribution in [1.29, 1.82) is 0 Å². The van der Waals surface area contributed by atoms with Crippen molar-refractivity contribution < 1.29 is 13.3 Å². The number of rotatable bonds is 7. The lowest BCUT2D eigenvalue weighted by Crippen LogP contribution is -2.52. The van der Waals surface area contributed by atoms with Gasteiger partial charge in [0.1, 0.15) is 0 Å². The van der Waals surface area contributed by atoms with E-state index >= 15 is 0 Å². The SMILES string of the molecule is CCO[Si-](CN)(OCC)OCC. The predicted molar refractivity (Wildman–Crippen MR) is 49.7 cm³/mol. The lowest BCUT2D eigenvalue weighted by molar-refractivity contribution is 0.0728. The van der Waals surface area contributed by atoms with E-state index in [1.807, 2.05) is 20.8 Å². The molecule has 0 fully saturated rings. The van der Waals surface area contributed by atoms with Crippen molar-refractivity contribution in [2.24, 2.45) is 5.73 Å². The van der Waals surface area contributed by atoms with E-state index in [9.17, 15) is 0 Å². The number of hydrogen-bond donors (Lipinski definition) is 1. The minimum atomic E-state index is -2.49. The maximum Gasteiger partial charge on any atom is 0.294 e. The van der Waals surface area contributed by atoms with Crippen molar-refractivity contribution in [2.75, 3.05) is 26.0 Å². The molecular formula is C7H19NO3Si-. The van der Waals surface area contributed by atoms with Gasteiger partial charge in [-0.25, -0.2) is 0 Å². The number of nitrogens with two attached hydrogens (primary N) is 1. The van der Waals surface area contributed by atoms with Crippen LogP contribution in [0.2, 0.25) is 0 Å². The van der Waals surface area contributed by atoms with Crippen molar-refractivity contribution in [3.05, 3.63) is 0 Å². The molecule has 0 aliphatic rings. The lowest BCUT2D eigenvalue weighted by Gasteiger charge is -2.41. The van der Waals surface area contributed by atoms with E-state index < -0.39 is 8.80 Å². The third-order valence-electron chi connectivity index (χ3n) is 1.34. The summed E-state index contributed by atoms with van der Waals surface area (Å²) in [7, 11) is -2.49. The highest BCUT2D eigenvalue weighted by atomic mass is 28.4. The van der Waals surface area contributed by atoms with Gasteiger partial charge in [0.2, 0.25) is 0 Å². The van der Waals surface area contributed by atoms with E-state index in [-0.39, 0.29) is 0 Å². The van der Waals surface area contributed by atoms with Gasteiger partial charge in [0.15, 0.2) is 0 Å². The standard InChI is InChI=1S/C7H19NO3Si/c1-4-9-12(7-8,10-5-2)11-6-3/h4-8H2,1-3H3/q-1. The van der Waals surface area contributed by atoms with Crippen LogP contribution in [0.3, 0.4) is 0 Å². The molecular weight excluding hydrogens is 174 g/mol. The summed E-state index contributed by atoms with van der Waals surface area (Å²) in [5, 5.41) is 0. The quantitative estimate of drug-likeness (QED) is 0.599. The van der Waals surface area contributed by atoms with Crippen LogP contribution in [0.25, 0.3) is 0 Å². The Morgan fingerprint density at radius 1 is 0.917 bits per heavy atom. The normalized spacial score (nSPS) is 12.0. The van der Waals surface area contributed by atoms with Crippen LogP contribution in [0, 0.1) is 0 Å². The Balaban J connectivity index is 4.06. The zero-order valence-electron chi connectivity index (χ0n) is 8.13. The van der Waals surface area contributed by atoms with Gasteiger partial charge in [0.05, 0.1) is 0 Å². The van der Waals surface area contributed by atoms with E-state index in [0.29, 0.717) is 26.0 Å². The Morgan fingerprint density at radius 2 is 1.25 bits per heavy atom. The second kappa shape index (κ2) is 6.56. The van der Waals surface area contributed by atoms with Crippen LogP contribution in [0.5, 0.6) is 0 Å². The molecule has 0 aromatic rings. The van der Waals surface area contributed by atoms with Gasteiger partial charge in [-0.3, -0.25) is 0 Å². The molecule has 12 heavy (non-hydrogen) atoms. The van der Waals surface area contributed by atoms with Crippen molar-refractivity contribution in [2.45, 2.75) is 20.8 Å². The van der Waals surface area contributed by atoms with Gasteiger partial charge in [-0.2, -0.15) is 0 Å². The monoisotopic (exact) mass is 193 g/mol. The maximum atomic E-state index is 5.55. The Kier molecular flexibility index (Phi) is 6.59. The van der Waals surface area contributed by atoms with Crippen molar-refractivity contribution in [3.8, 4) is 0 Å². The molecule has 4 nitrogen and oxygen atoms in total. The van der Waals surface area contributed by atoms with Crippen molar-refractivity contribution >= 4 is 8.80 Å². The van der Waals surface area contributed by atoms with Crippen molar-refractivity contribution in [3.63, 3.8) is 0 Å². The highest BCUT2D eigenvalue weighted by Crippen LogP contribution is 2.07. The second-order valence-electron chi connectivity index (χ2n) is 2.19. The summed E-state index contributed by atoms with van der Waals surface area (Å²) in [4.78, 5) is 0. The molecule has 0 rings (SSSR count). The van der Waals surface area contributed by atoms with Gasteiger partial charge in [-0.1, -0.05) is 0 Å². The first-order valence-electron chi connectivity index (χ1n) is 4.36. The van der Waals surface area contributed by atoms with Gasteiger partial charge in [0.25, 0.3) is 8.80 Å². The van der Waals surface area contributed by atoms with Gasteiger partial charge in [0, 0.05) is 19.8 Å². The lowest BCUT2D eigenvalue weighted by atomic mass is 10.9. The maximum absolute atomic E-state index is 5.55. The molecule has 0 spiro atoms. The Labute approximate surface area is 75.4 Å². The Hall–Kier alpha value is 0.0569. The smallest absolute Gasteiger partial charge is 0.294 e. The fourth-order valence-corrected chi connectivity index (χ4v) is 2.88. The first kappa shape index (κ1) is 12.1. The summed E-state index contributed by atoms with van der Waals surface area (Å²) in [6.07, 6.45) is 0.350. The molecule has 0 saturated heterocycles. The molecule has 0 aliphatic heterocycles. The second-order valence-corrected chi connectivity index (χ2v) is 4.83. The summed E-state index contributed by atoms with van der Waals surface area (Å²) < 4.78 is 16.3. The average Bonchev–Trinajstić information content (AvgIpc) is 2.06. The van der Waals surface area contributed by atoms with Crippen LogP contribution < -0.4 is 5.73 Å². The zero-order valence-corrected chi connectivity index (χ0v) is 9.13. The molecule has 0 aliphatic carbocycles. The van der Waals surface area contributed by atoms with E-state index in [1.165, 1.54) is 0 Å². The molecule has 0 radical (unpaired) electrons. The van der Waals surface area contributed by atoms with E-state index in [2.05, 4.69) is 0 Å². The molecule has 0 saturated carbocycles. The molecule has 0 aromatic heterocycles. The van der Waals surface area contributed by atoms with Gasteiger partial charge in [-0.15, -0.1) is 0 Å². The van der Waals surface area contributed by atoms with E-state index in [1.54, 1.807) is 0 Å². The van der Waals surface area contributed by atoms with Gasteiger partial charge < -0.3 is 19.0 Å². The minimum Gasteiger partial charge on any atom is -0.524 e. The molecule has 0 heterocycles. The first-order chi connectivity index (χ1) is 5.74. The third-order valence-corrected chi connectivity index (χ3v) is 4.03. The summed E-state index contributed by atoms with van der Waals surface area (Å²) in [5.41, 5.74) is 5.55. The fourth-order valence-electron chi connectivity index (χ4n) is 0.962. The predicted octanol–water partition coefficient (Wildman–Crippen LogP) is 0.533. The summed E-state index contributed by atoms with van der Waals surface area (Å²) in [6.45, 7) is 7.50. The van der Waals surface area contributed by atoms with E-state index in [4.69, 9.17) is 19.0 Å². The van der Waals surface area contributed by atoms with Gasteiger partial charge in [-0.05, 0) is 26.9 Å². The molecule has 0 bridgehead atoms. The Bertz CT molecular complexity index is 95.8. The molecule has 0 amide bonds. The topological polar surface area (TPSA) is 53.7 Å². The highest BCUT2D eigenvalue weighted by Gasteiger charge is 2.22. The van der Waals surface area contributed by atoms with Crippen LogP contribution in [0.1, 0.15) is 20.8 Å². The molecule has 75 valence electrons. The molecule has 5 heteroatoms. The molecule has 2 N–H and O–H groups in total. The van der Waals surface area contributed by atoms with E-state index in [0.717, 1.165) is 0 Å². The fraction of sp³-hybridized carbons (Fsp3) is 1.00. The first-order valence-corrected chi connectivity index (χ1v) is 6.29. The Morgan fingerprint density at radius 3 is 1.42 bits per heavy atom. The third kappa shape index (κ3) is 3.64. The zero-order chi connectivity index (χ0) is 9.45. The molecule has 0 atom stereocenters. The summed E-state index contributed by atoms with van der Waals surface area (Å²) in [6, 6.07) is 0.